The molecule has 0 saturated heterocycles. The number of hydrogen-bond donors (Lipinski definition) is 1. The molecule has 0 spiro atoms. The van der Waals surface area contributed by atoms with Gasteiger partial charge in [-0.15, -0.1) is 11.8 Å². The minimum absolute atomic E-state index is 0.354. The Morgan fingerprint density at radius 1 is 1.11 bits per heavy atom. The van der Waals surface area contributed by atoms with Crippen LogP contribution in [0.4, 0.5) is 0 Å². The minimum Gasteiger partial charge on any atom is -0.390 e. The molecule has 0 fully saturated rings. The molecule has 2 rings (SSSR count). The Balaban J connectivity index is 1.64. The molecule has 1 atom stereocenters. The first-order chi connectivity index (χ1) is 9.34. The molecule has 1 heterocycles. The largest absolute Gasteiger partial charge is 0.390 e. The Morgan fingerprint density at radius 3 is 2.58 bits per heavy atom. The third-order valence-electron chi connectivity index (χ3n) is 2.51. The zero-order chi connectivity index (χ0) is 13.3. The van der Waals surface area contributed by atoms with Crippen molar-refractivity contribution in [2.75, 3.05) is 12.4 Å². The van der Waals surface area contributed by atoms with Crippen molar-refractivity contribution in [1.82, 2.24) is 4.98 Å². The predicted octanol–water partition coefficient (Wildman–Crippen LogP) is 2.75. The number of pyridine rings is 1. The van der Waals surface area contributed by atoms with Gasteiger partial charge >= 0.3 is 0 Å². The van der Waals surface area contributed by atoms with E-state index in [1.165, 1.54) is 0 Å². The molecule has 0 radical (unpaired) electrons. The van der Waals surface area contributed by atoms with Crippen molar-refractivity contribution in [2.24, 2.45) is 0 Å². The predicted molar refractivity (Wildman–Crippen MR) is 77.1 cm³/mol. The van der Waals surface area contributed by atoms with E-state index < -0.39 is 6.10 Å². The number of ether oxygens (including phenoxy) is 1. The maximum Gasteiger partial charge on any atom is 0.0867 e. The second-order valence-electron chi connectivity index (χ2n) is 4.15. The summed E-state index contributed by atoms with van der Waals surface area (Å²) in [5.74, 6) is 0.624. The van der Waals surface area contributed by atoms with E-state index in [0.717, 1.165) is 10.5 Å². The van der Waals surface area contributed by atoms with Gasteiger partial charge in [-0.1, -0.05) is 30.3 Å². The lowest BCUT2D eigenvalue weighted by Gasteiger charge is -2.11. The second kappa shape index (κ2) is 7.94. The molecule has 100 valence electrons. The Morgan fingerprint density at radius 2 is 1.84 bits per heavy atom. The van der Waals surface area contributed by atoms with E-state index in [9.17, 15) is 5.11 Å². The van der Waals surface area contributed by atoms with Crippen LogP contribution in [0.3, 0.4) is 0 Å². The molecule has 3 nitrogen and oxygen atoms in total. The smallest absolute Gasteiger partial charge is 0.0867 e. The fourth-order valence-corrected chi connectivity index (χ4v) is 2.36. The van der Waals surface area contributed by atoms with E-state index in [0.29, 0.717) is 19.0 Å². The highest BCUT2D eigenvalue weighted by Crippen LogP contribution is 2.17. The second-order valence-corrected chi connectivity index (χ2v) is 5.24. The van der Waals surface area contributed by atoms with Gasteiger partial charge in [-0.25, -0.2) is 0 Å². The third-order valence-corrected chi connectivity index (χ3v) is 3.67. The lowest BCUT2D eigenvalue weighted by atomic mass is 10.2. The van der Waals surface area contributed by atoms with Crippen LogP contribution in [0.2, 0.25) is 0 Å². The molecule has 4 heteroatoms. The molecule has 2 aromatic rings. The molecule has 1 aromatic carbocycles. The number of benzene rings is 1. The highest BCUT2D eigenvalue weighted by atomic mass is 32.2. The SMILES string of the molecule is OC(COCc1ccccc1)CSc1ccncc1. The normalized spacial score (nSPS) is 12.3. The molecular weight excluding hydrogens is 258 g/mol. The van der Waals surface area contributed by atoms with Gasteiger partial charge in [0.1, 0.15) is 0 Å². The molecule has 0 aliphatic heterocycles. The van der Waals surface area contributed by atoms with E-state index in [-0.39, 0.29) is 0 Å². The van der Waals surface area contributed by atoms with Crippen molar-refractivity contribution in [3.63, 3.8) is 0 Å². The average Bonchev–Trinajstić information content (AvgIpc) is 2.47. The fraction of sp³-hybridized carbons (Fsp3) is 0.267. The Hall–Kier alpha value is -1.36. The summed E-state index contributed by atoms with van der Waals surface area (Å²) in [5.41, 5.74) is 1.12. The molecule has 1 unspecified atom stereocenters. The summed E-state index contributed by atoms with van der Waals surface area (Å²) in [4.78, 5) is 5.06. The van der Waals surface area contributed by atoms with E-state index >= 15 is 0 Å². The summed E-state index contributed by atoms with van der Waals surface area (Å²) >= 11 is 1.60. The lowest BCUT2D eigenvalue weighted by Crippen LogP contribution is -2.17. The van der Waals surface area contributed by atoms with Gasteiger partial charge in [0.25, 0.3) is 0 Å². The van der Waals surface area contributed by atoms with Crippen molar-refractivity contribution in [1.29, 1.82) is 0 Å². The Bertz CT molecular complexity index is 464. The molecule has 1 N–H and O–H groups in total. The number of nitrogens with zero attached hydrogens (tertiary/aromatic N) is 1. The zero-order valence-electron chi connectivity index (χ0n) is 10.6. The van der Waals surface area contributed by atoms with Gasteiger partial charge in [-0.3, -0.25) is 4.98 Å². The third kappa shape index (κ3) is 5.42. The van der Waals surface area contributed by atoms with Crippen LogP contribution in [0.25, 0.3) is 0 Å². The summed E-state index contributed by atoms with van der Waals surface area (Å²) in [7, 11) is 0. The first-order valence-electron chi connectivity index (χ1n) is 6.17. The van der Waals surface area contributed by atoms with Gasteiger partial charge in [0.05, 0.1) is 19.3 Å². The van der Waals surface area contributed by atoms with E-state index in [4.69, 9.17) is 4.74 Å². The van der Waals surface area contributed by atoms with E-state index in [1.54, 1.807) is 24.2 Å². The van der Waals surface area contributed by atoms with E-state index in [1.807, 2.05) is 42.5 Å². The van der Waals surface area contributed by atoms with Crippen LogP contribution < -0.4 is 0 Å². The molecule has 0 aliphatic carbocycles. The number of aromatic nitrogens is 1. The molecule has 0 bridgehead atoms. The van der Waals surface area contributed by atoms with Gasteiger partial charge in [0.15, 0.2) is 0 Å². The summed E-state index contributed by atoms with van der Waals surface area (Å²) in [5, 5.41) is 9.83. The minimum atomic E-state index is -0.457. The summed E-state index contributed by atoms with van der Waals surface area (Å²) in [6, 6.07) is 13.8. The van der Waals surface area contributed by atoms with Crippen LogP contribution >= 0.6 is 11.8 Å². The molecule has 1 aromatic heterocycles. The van der Waals surface area contributed by atoms with Crippen molar-refractivity contribution in [3.05, 3.63) is 60.4 Å². The fourth-order valence-electron chi connectivity index (χ4n) is 1.56. The molecule has 19 heavy (non-hydrogen) atoms. The van der Waals surface area contributed by atoms with Crippen LogP contribution in [-0.2, 0) is 11.3 Å². The quantitative estimate of drug-likeness (QED) is 0.789. The standard InChI is InChI=1S/C15H17NO2S/c17-14(12-19-15-6-8-16-9-7-15)11-18-10-13-4-2-1-3-5-13/h1-9,14,17H,10-12H2. The first-order valence-corrected chi connectivity index (χ1v) is 7.16. The number of rotatable bonds is 7. The Labute approximate surface area is 117 Å². The average molecular weight is 275 g/mol. The van der Waals surface area contributed by atoms with E-state index in [2.05, 4.69) is 4.98 Å². The molecular formula is C15H17NO2S. The highest BCUT2D eigenvalue weighted by Gasteiger charge is 2.05. The number of aliphatic hydroxyl groups is 1. The van der Waals surface area contributed by atoms with Gasteiger partial charge in [-0.05, 0) is 17.7 Å². The van der Waals surface area contributed by atoms with Crippen LogP contribution in [0, 0.1) is 0 Å². The first kappa shape index (κ1) is 14.1. The summed E-state index contributed by atoms with van der Waals surface area (Å²) in [6.45, 7) is 0.894. The van der Waals surface area contributed by atoms with Crippen molar-refractivity contribution >= 4 is 11.8 Å². The lowest BCUT2D eigenvalue weighted by molar-refractivity contribution is 0.0398. The monoisotopic (exact) mass is 275 g/mol. The van der Waals surface area contributed by atoms with Gasteiger partial charge in [0.2, 0.25) is 0 Å². The van der Waals surface area contributed by atoms with Crippen LogP contribution in [-0.4, -0.2) is 28.6 Å². The maximum atomic E-state index is 9.83. The number of thioether (sulfide) groups is 1. The molecule has 0 amide bonds. The van der Waals surface area contributed by atoms with Crippen LogP contribution in [0.15, 0.2) is 59.8 Å². The van der Waals surface area contributed by atoms with Gasteiger partial charge in [-0.2, -0.15) is 0 Å². The highest BCUT2D eigenvalue weighted by molar-refractivity contribution is 7.99. The topological polar surface area (TPSA) is 42.4 Å². The maximum absolute atomic E-state index is 9.83. The Kier molecular flexibility index (Phi) is 5.88. The van der Waals surface area contributed by atoms with Crippen molar-refractivity contribution in [3.8, 4) is 0 Å². The number of aliphatic hydroxyl groups excluding tert-OH is 1. The van der Waals surface area contributed by atoms with Gasteiger partial charge < -0.3 is 9.84 Å². The van der Waals surface area contributed by atoms with Crippen molar-refractivity contribution < 1.29 is 9.84 Å². The van der Waals surface area contributed by atoms with Crippen molar-refractivity contribution in [2.45, 2.75) is 17.6 Å². The number of hydrogen-bond acceptors (Lipinski definition) is 4. The van der Waals surface area contributed by atoms with Crippen LogP contribution in [0.5, 0.6) is 0 Å². The van der Waals surface area contributed by atoms with Crippen LogP contribution in [0.1, 0.15) is 5.56 Å². The summed E-state index contributed by atoms with van der Waals surface area (Å²) in [6.07, 6.45) is 3.04. The molecule has 0 saturated carbocycles. The van der Waals surface area contributed by atoms with Gasteiger partial charge in [0, 0.05) is 23.0 Å². The summed E-state index contributed by atoms with van der Waals surface area (Å²) < 4.78 is 5.49. The molecule has 0 aliphatic rings. The zero-order valence-corrected chi connectivity index (χ0v) is 11.4.